The molecule has 0 unspecified atom stereocenters. The summed E-state index contributed by atoms with van der Waals surface area (Å²) in [5.74, 6) is 1.94. The largest absolute Gasteiger partial charge is 0.493 e. The molecule has 1 atom stereocenters. The molecule has 45 heavy (non-hydrogen) atoms. The van der Waals surface area contributed by atoms with Crippen molar-refractivity contribution in [3.8, 4) is 11.5 Å². The van der Waals surface area contributed by atoms with Gasteiger partial charge in [0.2, 0.25) is 5.91 Å². The zero-order valence-electron chi connectivity index (χ0n) is 27.1. The van der Waals surface area contributed by atoms with E-state index in [9.17, 15) is 4.79 Å². The number of hydrogen-bond donors (Lipinski definition) is 1. The van der Waals surface area contributed by atoms with Crippen molar-refractivity contribution in [3.05, 3.63) is 88.5 Å². The molecule has 3 aromatic carbocycles. The van der Waals surface area contributed by atoms with Crippen LogP contribution in [0.3, 0.4) is 0 Å². The van der Waals surface area contributed by atoms with E-state index in [2.05, 4.69) is 64.9 Å². The summed E-state index contributed by atoms with van der Waals surface area (Å²) < 4.78 is 11.9. The Morgan fingerprint density at radius 1 is 1.04 bits per heavy atom. The quantitative estimate of drug-likeness (QED) is 0.330. The molecular formula is C38H48N4O3. The number of nitrogens with two attached hydrogens (primary N) is 1. The van der Waals surface area contributed by atoms with E-state index in [1.54, 1.807) is 7.11 Å². The Hall–Kier alpha value is -3.55. The first-order valence-corrected chi connectivity index (χ1v) is 16.9. The number of ether oxygens (including phenoxy) is 2. The normalized spacial score (nSPS) is 21.9. The van der Waals surface area contributed by atoms with Gasteiger partial charge in [0.15, 0.2) is 11.5 Å². The molecule has 0 aromatic heterocycles. The van der Waals surface area contributed by atoms with Gasteiger partial charge >= 0.3 is 0 Å². The minimum absolute atomic E-state index is 0.371. The van der Waals surface area contributed by atoms with Crippen LogP contribution < -0.4 is 20.1 Å². The van der Waals surface area contributed by atoms with Gasteiger partial charge in [-0.15, -0.1) is 0 Å². The van der Waals surface area contributed by atoms with Crippen molar-refractivity contribution in [2.45, 2.75) is 70.5 Å². The summed E-state index contributed by atoms with van der Waals surface area (Å²) >= 11 is 0. The molecule has 0 radical (unpaired) electrons. The number of rotatable bonds is 8. The van der Waals surface area contributed by atoms with Crippen molar-refractivity contribution < 1.29 is 14.3 Å². The zero-order valence-corrected chi connectivity index (χ0v) is 27.1. The van der Waals surface area contributed by atoms with Crippen LogP contribution in [-0.2, 0) is 13.0 Å². The highest BCUT2D eigenvalue weighted by Crippen LogP contribution is 2.53. The number of carbonyl (C=O) groups excluding carboxylic acids is 1. The van der Waals surface area contributed by atoms with Crippen molar-refractivity contribution in [2.75, 3.05) is 51.3 Å². The van der Waals surface area contributed by atoms with E-state index in [4.69, 9.17) is 15.2 Å². The lowest BCUT2D eigenvalue weighted by atomic mass is 9.59. The van der Waals surface area contributed by atoms with Gasteiger partial charge in [0, 0.05) is 68.0 Å². The Morgan fingerprint density at radius 2 is 1.82 bits per heavy atom. The Morgan fingerprint density at radius 3 is 2.56 bits per heavy atom. The maximum atomic E-state index is 11.5. The fraction of sp³-hybridized carbons (Fsp3) is 0.500. The molecule has 7 nitrogen and oxygen atoms in total. The topological polar surface area (TPSA) is 71.3 Å². The molecule has 2 saturated heterocycles. The number of carbonyl (C=O) groups is 1. The van der Waals surface area contributed by atoms with Crippen molar-refractivity contribution in [2.24, 2.45) is 11.1 Å². The molecule has 2 N–H and O–H groups in total. The van der Waals surface area contributed by atoms with Crippen molar-refractivity contribution in [3.63, 3.8) is 0 Å². The van der Waals surface area contributed by atoms with E-state index in [1.807, 2.05) is 24.3 Å². The number of primary amides is 1. The summed E-state index contributed by atoms with van der Waals surface area (Å²) in [5.41, 5.74) is 13.2. The average molecular weight is 609 g/mol. The van der Waals surface area contributed by atoms with E-state index < -0.39 is 0 Å². The molecule has 1 saturated carbocycles. The lowest BCUT2D eigenvalue weighted by molar-refractivity contribution is -0.0647. The Bertz CT molecular complexity index is 1520. The number of piperazine rings is 1. The van der Waals surface area contributed by atoms with Gasteiger partial charge in [-0.3, -0.25) is 14.6 Å². The van der Waals surface area contributed by atoms with Crippen LogP contribution in [0.1, 0.15) is 84.1 Å². The number of benzene rings is 3. The lowest BCUT2D eigenvalue weighted by Gasteiger charge is -2.63. The number of nitrogens with zero attached hydrogens (tertiary/aromatic N) is 3. The molecule has 1 aliphatic carbocycles. The fourth-order valence-corrected chi connectivity index (χ4v) is 8.43. The third-order valence-corrected chi connectivity index (χ3v) is 10.8. The van der Waals surface area contributed by atoms with Gasteiger partial charge in [-0.2, -0.15) is 0 Å². The number of methoxy groups -OCH3 is 1. The molecule has 238 valence electrons. The van der Waals surface area contributed by atoms with Crippen LogP contribution in [0.5, 0.6) is 11.5 Å². The molecule has 0 bridgehead atoms. The molecule has 3 heterocycles. The second kappa shape index (κ2) is 12.3. The lowest BCUT2D eigenvalue weighted by Crippen LogP contribution is -2.68. The number of anilines is 1. The highest BCUT2D eigenvalue weighted by Gasteiger charge is 2.55. The molecule has 7 heteroatoms. The van der Waals surface area contributed by atoms with E-state index in [-0.39, 0.29) is 5.91 Å². The molecule has 3 fully saturated rings. The van der Waals surface area contributed by atoms with Crippen LogP contribution >= 0.6 is 0 Å². The van der Waals surface area contributed by atoms with Gasteiger partial charge in [0.05, 0.1) is 13.7 Å². The minimum atomic E-state index is -0.371. The second-order valence-corrected chi connectivity index (χ2v) is 14.2. The van der Waals surface area contributed by atoms with Crippen LogP contribution in [0.2, 0.25) is 0 Å². The summed E-state index contributed by atoms with van der Waals surface area (Å²) in [7, 11) is 1.76. The summed E-state index contributed by atoms with van der Waals surface area (Å²) in [6.45, 7) is 11.7. The molecule has 1 spiro atoms. The number of fused-ring (bicyclic) bond motifs is 1. The van der Waals surface area contributed by atoms with Crippen molar-refractivity contribution >= 4 is 11.6 Å². The van der Waals surface area contributed by atoms with Crippen LogP contribution in [0.4, 0.5) is 5.69 Å². The van der Waals surface area contributed by atoms with Crippen LogP contribution in [0, 0.1) is 5.41 Å². The van der Waals surface area contributed by atoms with E-state index in [1.165, 1.54) is 40.8 Å². The third-order valence-electron chi connectivity index (χ3n) is 10.8. The number of amides is 1. The smallest absolute Gasteiger partial charge is 0.248 e. The van der Waals surface area contributed by atoms with Gasteiger partial charge in [-0.1, -0.05) is 44.2 Å². The zero-order chi connectivity index (χ0) is 31.1. The van der Waals surface area contributed by atoms with Crippen LogP contribution in [0.15, 0.2) is 60.7 Å². The van der Waals surface area contributed by atoms with Gasteiger partial charge in [0.1, 0.15) is 0 Å². The van der Waals surface area contributed by atoms with Crippen molar-refractivity contribution in [1.29, 1.82) is 0 Å². The monoisotopic (exact) mass is 608 g/mol. The van der Waals surface area contributed by atoms with Gasteiger partial charge in [-0.05, 0) is 90.6 Å². The molecular weight excluding hydrogens is 560 g/mol. The average Bonchev–Trinajstić information content (AvgIpc) is 3.25. The second-order valence-electron chi connectivity index (χ2n) is 14.2. The Labute approximate surface area is 268 Å². The SMILES string of the molecule is COc1cc(CN2CCN(C3CC4(C3)CN(c3ccc(C(N)=O)cc3)C4)[C@H](c3ccccc3C(C)C)C2)cc2c1OCCCC2. The molecule has 3 aliphatic heterocycles. The third kappa shape index (κ3) is 5.93. The van der Waals surface area contributed by atoms with Gasteiger partial charge in [-0.25, -0.2) is 0 Å². The molecule has 3 aromatic rings. The van der Waals surface area contributed by atoms with Crippen LogP contribution in [0.25, 0.3) is 0 Å². The van der Waals surface area contributed by atoms with E-state index >= 15 is 0 Å². The summed E-state index contributed by atoms with van der Waals surface area (Å²) in [6, 6.07) is 22.5. The molecule has 7 rings (SSSR count). The summed E-state index contributed by atoms with van der Waals surface area (Å²) in [4.78, 5) is 19.4. The Balaban J connectivity index is 1.07. The first-order chi connectivity index (χ1) is 21.8. The minimum Gasteiger partial charge on any atom is -0.493 e. The first kappa shape index (κ1) is 30.1. The summed E-state index contributed by atoms with van der Waals surface area (Å²) in [5, 5.41) is 0. The number of hydrogen-bond acceptors (Lipinski definition) is 6. The standard InChI is InChI=1S/C38H48N4O3/c1-26(2)32-9-4-5-10-33(32)34-23-40(22-27-18-29-8-6-7-17-45-36(29)35(19-27)44-3)15-16-42(34)31-20-38(21-31)24-41(25-38)30-13-11-28(12-14-30)37(39)43/h4-5,9-14,18-19,26,31,34H,6-8,15-17,20-25H2,1-3H3,(H2,39,43)/t34-/m0/s1. The van der Waals surface area contributed by atoms with Crippen molar-refractivity contribution in [1.82, 2.24) is 9.80 Å². The maximum Gasteiger partial charge on any atom is 0.248 e. The number of aryl methyl sites for hydroxylation is 1. The predicted molar refractivity (Wildman–Crippen MR) is 179 cm³/mol. The van der Waals surface area contributed by atoms with Crippen LogP contribution in [-0.4, -0.2) is 68.2 Å². The maximum absolute atomic E-state index is 11.5. The van der Waals surface area contributed by atoms with E-state index in [0.717, 1.165) is 76.6 Å². The fourth-order valence-electron chi connectivity index (χ4n) is 8.43. The van der Waals surface area contributed by atoms with Gasteiger partial charge < -0.3 is 20.1 Å². The molecule has 4 aliphatic rings. The highest BCUT2D eigenvalue weighted by molar-refractivity contribution is 5.93. The first-order valence-electron chi connectivity index (χ1n) is 16.9. The molecule has 1 amide bonds. The van der Waals surface area contributed by atoms with Gasteiger partial charge in [0.25, 0.3) is 0 Å². The van der Waals surface area contributed by atoms with E-state index in [0.29, 0.717) is 29.0 Å². The predicted octanol–water partition coefficient (Wildman–Crippen LogP) is 6.16. The summed E-state index contributed by atoms with van der Waals surface area (Å²) in [6.07, 6.45) is 5.82. The Kier molecular flexibility index (Phi) is 8.25. The highest BCUT2D eigenvalue weighted by atomic mass is 16.5.